The standard InChI is InChI=1S/C26H25N3O5/c1-29(2)26(31)34-23-6-4-5-15-7-8-16(9-17(15)23)20-11-22(30)18-10-19(25-13-27-14-33-25)24(32-3)12-21(18)28-20/h7-14,23H,4-6H2,1-3H3,(H,28,30). The van der Waals surface area contributed by atoms with Crippen LogP contribution in [-0.2, 0) is 11.2 Å². The van der Waals surface area contributed by atoms with Gasteiger partial charge in [-0.1, -0.05) is 12.1 Å². The van der Waals surface area contributed by atoms with Crippen molar-refractivity contribution in [1.29, 1.82) is 0 Å². The third-order valence-corrected chi connectivity index (χ3v) is 6.17. The number of fused-ring (bicyclic) bond motifs is 2. The summed E-state index contributed by atoms with van der Waals surface area (Å²) in [6.07, 6.45) is 4.91. The number of hydrogen-bond donors (Lipinski definition) is 1. The number of benzene rings is 2. The van der Waals surface area contributed by atoms with Crippen molar-refractivity contribution >= 4 is 17.0 Å². The number of nitrogens with zero attached hydrogens (tertiary/aromatic N) is 2. The highest BCUT2D eigenvalue weighted by molar-refractivity contribution is 5.88. The minimum absolute atomic E-state index is 0.125. The van der Waals surface area contributed by atoms with Gasteiger partial charge < -0.3 is 23.8 Å². The Bertz CT molecular complexity index is 1420. The predicted molar refractivity (Wildman–Crippen MR) is 128 cm³/mol. The number of carbonyl (C=O) groups is 1. The van der Waals surface area contributed by atoms with Crippen molar-refractivity contribution in [3.05, 3.63) is 70.3 Å². The second-order valence-corrected chi connectivity index (χ2v) is 8.58. The molecule has 0 radical (unpaired) electrons. The van der Waals surface area contributed by atoms with Gasteiger partial charge in [0, 0.05) is 37.3 Å². The van der Waals surface area contributed by atoms with E-state index in [4.69, 9.17) is 13.9 Å². The van der Waals surface area contributed by atoms with Crippen LogP contribution in [0.2, 0.25) is 0 Å². The number of pyridine rings is 1. The van der Waals surface area contributed by atoms with Crippen LogP contribution in [0.5, 0.6) is 5.75 Å². The van der Waals surface area contributed by atoms with Crippen molar-refractivity contribution in [2.24, 2.45) is 0 Å². The topological polar surface area (TPSA) is 97.7 Å². The number of oxazole rings is 1. The molecule has 8 nitrogen and oxygen atoms in total. The number of hydrogen-bond acceptors (Lipinski definition) is 6. The molecule has 1 N–H and O–H groups in total. The van der Waals surface area contributed by atoms with E-state index in [9.17, 15) is 9.59 Å². The molecule has 174 valence electrons. The zero-order chi connectivity index (χ0) is 23.8. The van der Waals surface area contributed by atoms with E-state index < -0.39 is 0 Å². The molecule has 5 rings (SSSR count). The number of rotatable bonds is 4. The highest BCUT2D eigenvalue weighted by Crippen LogP contribution is 2.36. The maximum Gasteiger partial charge on any atom is 0.409 e. The maximum atomic E-state index is 13.1. The molecule has 1 aliphatic rings. The molecular formula is C26H25N3O5. The Balaban J connectivity index is 1.58. The van der Waals surface area contributed by atoms with Crippen LogP contribution < -0.4 is 10.2 Å². The van der Waals surface area contributed by atoms with E-state index in [1.54, 1.807) is 45.6 Å². The minimum Gasteiger partial charge on any atom is -0.496 e. The van der Waals surface area contributed by atoms with Gasteiger partial charge >= 0.3 is 6.09 Å². The lowest BCUT2D eigenvalue weighted by molar-refractivity contribution is 0.0658. The van der Waals surface area contributed by atoms with Gasteiger partial charge in [-0.3, -0.25) is 4.79 Å². The highest BCUT2D eigenvalue weighted by atomic mass is 16.6. The average Bonchev–Trinajstić information content (AvgIpc) is 3.38. The summed E-state index contributed by atoms with van der Waals surface area (Å²) in [6, 6.07) is 11.2. The second-order valence-electron chi connectivity index (χ2n) is 8.58. The van der Waals surface area contributed by atoms with Crippen molar-refractivity contribution < 1.29 is 18.7 Å². The number of aromatic nitrogens is 2. The molecule has 0 saturated heterocycles. The van der Waals surface area contributed by atoms with Crippen LogP contribution in [0.15, 0.2) is 58.2 Å². The van der Waals surface area contributed by atoms with E-state index in [-0.39, 0.29) is 17.6 Å². The normalized spacial score (nSPS) is 15.1. The number of methoxy groups -OCH3 is 1. The summed E-state index contributed by atoms with van der Waals surface area (Å²) >= 11 is 0. The Labute approximate surface area is 196 Å². The number of carbonyl (C=O) groups excluding carboxylic acids is 1. The van der Waals surface area contributed by atoms with Crippen LogP contribution in [0.1, 0.15) is 30.1 Å². The van der Waals surface area contributed by atoms with Crippen LogP contribution in [0.3, 0.4) is 0 Å². The first kappa shape index (κ1) is 21.8. The molecule has 1 unspecified atom stereocenters. The smallest absolute Gasteiger partial charge is 0.409 e. The van der Waals surface area contributed by atoms with Crippen molar-refractivity contribution in [3.8, 4) is 28.3 Å². The number of aryl methyl sites for hydroxylation is 1. The van der Waals surface area contributed by atoms with E-state index in [2.05, 4.69) is 16.0 Å². The Kier molecular flexibility index (Phi) is 5.57. The fourth-order valence-electron chi connectivity index (χ4n) is 4.42. The molecule has 0 bridgehead atoms. The van der Waals surface area contributed by atoms with Gasteiger partial charge in [0.05, 0.1) is 24.4 Å². The van der Waals surface area contributed by atoms with E-state index in [1.165, 1.54) is 11.3 Å². The van der Waals surface area contributed by atoms with Gasteiger partial charge in [-0.05, 0) is 48.1 Å². The van der Waals surface area contributed by atoms with Crippen LogP contribution in [0.25, 0.3) is 33.5 Å². The van der Waals surface area contributed by atoms with Crippen molar-refractivity contribution in [1.82, 2.24) is 14.9 Å². The molecular weight excluding hydrogens is 434 g/mol. The fraction of sp³-hybridized carbons (Fsp3) is 0.269. The summed E-state index contributed by atoms with van der Waals surface area (Å²) in [5.74, 6) is 1.09. The first-order valence-electron chi connectivity index (χ1n) is 11.1. The largest absolute Gasteiger partial charge is 0.496 e. The van der Waals surface area contributed by atoms with Gasteiger partial charge in [0.1, 0.15) is 11.9 Å². The molecule has 2 aromatic carbocycles. The Morgan fingerprint density at radius 2 is 2.06 bits per heavy atom. The summed E-state index contributed by atoms with van der Waals surface area (Å²) in [5, 5.41) is 0.520. The van der Waals surface area contributed by atoms with E-state index in [0.717, 1.165) is 36.0 Å². The molecule has 2 heterocycles. The quantitative estimate of drug-likeness (QED) is 0.465. The van der Waals surface area contributed by atoms with Crippen LogP contribution in [-0.4, -0.2) is 42.2 Å². The molecule has 0 aliphatic heterocycles. The van der Waals surface area contributed by atoms with Gasteiger partial charge in [0.25, 0.3) is 0 Å². The first-order chi connectivity index (χ1) is 16.4. The number of H-pyrrole nitrogens is 1. The average molecular weight is 460 g/mol. The van der Waals surface area contributed by atoms with Gasteiger partial charge in [-0.2, -0.15) is 0 Å². The van der Waals surface area contributed by atoms with E-state index in [1.807, 2.05) is 12.1 Å². The summed E-state index contributed by atoms with van der Waals surface area (Å²) in [7, 11) is 4.91. The lowest BCUT2D eigenvalue weighted by atomic mass is 9.87. The number of amides is 1. The Hall–Kier alpha value is -4.07. The minimum atomic E-state index is -0.364. The summed E-state index contributed by atoms with van der Waals surface area (Å²) in [4.78, 5) is 34.0. The van der Waals surface area contributed by atoms with Crippen LogP contribution in [0, 0.1) is 0 Å². The molecule has 4 aromatic rings. The molecule has 2 aromatic heterocycles. The van der Waals surface area contributed by atoms with Gasteiger partial charge in [-0.25, -0.2) is 9.78 Å². The van der Waals surface area contributed by atoms with Crippen LogP contribution in [0.4, 0.5) is 4.79 Å². The fourth-order valence-corrected chi connectivity index (χ4v) is 4.42. The molecule has 1 amide bonds. The molecule has 1 aliphatic carbocycles. The monoisotopic (exact) mass is 459 g/mol. The van der Waals surface area contributed by atoms with Crippen LogP contribution >= 0.6 is 0 Å². The summed E-state index contributed by atoms with van der Waals surface area (Å²) in [6.45, 7) is 0. The molecule has 1 atom stereocenters. The summed E-state index contributed by atoms with van der Waals surface area (Å²) < 4.78 is 16.7. The number of aromatic amines is 1. The van der Waals surface area contributed by atoms with E-state index in [0.29, 0.717) is 33.7 Å². The lowest BCUT2D eigenvalue weighted by Crippen LogP contribution is -2.26. The third kappa shape index (κ3) is 3.91. The van der Waals surface area contributed by atoms with Crippen molar-refractivity contribution in [2.75, 3.05) is 21.2 Å². The van der Waals surface area contributed by atoms with Gasteiger partial charge in [0.15, 0.2) is 17.6 Å². The maximum absolute atomic E-state index is 13.1. The Morgan fingerprint density at radius 1 is 1.21 bits per heavy atom. The summed E-state index contributed by atoms with van der Waals surface area (Å²) in [5.41, 5.74) is 4.86. The molecule has 0 saturated carbocycles. The van der Waals surface area contributed by atoms with Gasteiger partial charge in [-0.15, -0.1) is 0 Å². The zero-order valence-electron chi connectivity index (χ0n) is 19.3. The lowest BCUT2D eigenvalue weighted by Gasteiger charge is -2.27. The molecule has 8 heteroatoms. The number of ether oxygens (including phenoxy) is 2. The molecule has 34 heavy (non-hydrogen) atoms. The highest BCUT2D eigenvalue weighted by Gasteiger charge is 2.25. The predicted octanol–water partition coefficient (Wildman–Crippen LogP) is 4.93. The first-order valence-corrected chi connectivity index (χ1v) is 11.1. The zero-order valence-corrected chi connectivity index (χ0v) is 19.3. The SMILES string of the molecule is COc1cc2[nH]c(-c3ccc4c(c3)C(OC(=O)N(C)C)CCC4)cc(=O)c2cc1-c1cnco1. The van der Waals surface area contributed by atoms with Gasteiger partial charge in [0.2, 0.25) is 0 Å². The molecule has 0 spiro atoms. The number of nitrogens with one attached hydrogen (secondary N) is 1. The molecule has 0 fully saturated rings. The van der Waals surface area contributed by atoms with Crippen molar-refractivity contribution in [2.45, 2.75) is 25.4 Å². The second kappa shape index (κ2) is 8.70. The van der Waals surface area contributed by atoms with Crippen molar-refractivity contribution in [3.63, 3.8) is 0 Å². The Morgan fingerprint density at radius 3 is 2.79 bits per heavy atom. The van der Waals surface area contributed by atoms with E-state index >= 15 is 0 Å². The third-order valence-electron chi connectivity index (χ3n) is 6.17.